The molecule has 30 heavy (non-hydrogen) atoms. The Morgan fingerprint density at radius 1 is 1.17 bits per heavy atom. The molecule has 8 heteroatoms. The first-order valence-electron chi connectivity index (χ1n) is 10.2. The summed E-state index contributed by atoms with van der Waals surface area (Å²) in [5.41, 5.74) is 0.404. The Bertz CT molecular complexity index is 691. The van der Waals surface area contributed by atoms with E-state index in [1.165, 1.54) is 11.8 Å². The molecule has 0 bridgehead atoms. The van der Waals surface area contributed by atoms with Crippen molar-refractivity contribution in [1.29, 1.82) is 0 Å². The predicted octanol–water partition coefficient (Wildman–Crippen LogP) is 3.05. The fourth-order valence-corrected chi connectivity index (χ4v) is 3.75. The molecule has 3 amide bonds. The number of rotatable bonds is 10. The minimum absolute atomic E-state index is 0.163. The van der Waals surface area contributed by atoms with Crippen LogP contribution in [0.2, 0.25) is 0 Å². The van der Waals surface area contributed by atoms with Crippen LogP contribution in [0.5, 0.6) is 0 Å². The monoisotopic (exact) mass is 438 g/mol. The molecule has 2 unspecified atom stereocenters. The van der Waals surface area contributed by atoms with Crippen LogP contribution in [-0.4, -0.2) is 51.8 Å². The number of hydrogen-bond donors (Lipinski definition) is 3. The Labute approximate surface area is 183 Å². The largest absolute Gasteiger partial charge is 0.444 e. The summed E-state index contributed by atoms with van der Waals surface area (Å²) >= 11 is 1.48. The number of aryl methyl sites for hydroxylation is 1. The standard InChI is InChI=1S/C22H34N2O5S/c1-6-30-15(2)18(24-21(28)29-22(3,4)5)19(26)20(27)23-17(25)14-10-13-16-11-8-7-9-12-16/h7-9,11-12,15,18-19,26H,6,10,13-14H2,1-5H3,(H,24,28)(H,23,25,27)/t15?,18-,19?/m0/s1. The zero-order valence-electron chi connectivity index (χ0n) is 18.4. The van der Waals surface area contributed by atoms with E-state index in [-0.39, 0.29) is 11.7 Å². The highest BCUT2D eigenvalue weighted by Crippen LogP contribution is 2.18. The van der Waals surface area contributed by atoms with Gasteiger partial charge in [0.05, 0.1) is 6.04 Å². The molecule has 168 valence electrons. The van der Waals surface area contributed by atoms with Crippen LogP contribution in [0.3, 0.4) is 0 Å². The van der Waals surface area contributed by atoms with Crippen LogP contribution in [0.15, 0.2) is 30.3 Å². The van der Waals surface area contributed by atoms with E-state index >= 15 is 0 Å². The number of nitrogens with one attached hydrogen (secondary N) is 2. The molecule has 0 radical (unpaired) electrons. The Morgan fingerprint density at radius 3 is 2.37 bits per heavy atom. The molecule has 1 aromatic rings. The molecule has 0 aliphatic rings. The molecule has 3 N–H and O–H groups in total. The third-order valence-electron chi connectivity index (χ3n) is 4.20. The summed E-state index contributed by atoms with van der Waals surface area (Å²) < 4.78 is 5.23. The molecule has 0 saturated carbocycles. The first-order valence-corrected chi connectivity index (χ1v) is 11.2. The SMILES string of the molecule is CCSC(C)[C@H](NC(=O)OC(C)(C)C)C(O)C(=O)NC(=O)CCCc1ccccc1. The van der Waals surface area contributed by atoms with E-state index in [1.807, 2.05) is 37.3 Å². The highest BCUT2D eigenvalue weighted by molar-refractivity contribution is 7.99. The number of aliphatic hydroxyl groups is 1. The second kappa shape index (κ2) is 12.6. The van der Waals surface area contributed by atoms with Crippen molar-refractivity contribution in [2.75, 3.05) is 5.75 Å². The summed E-state index contributed by atoms with van der Waals surface area (Å²) in [6.45, 7) is 8.91. The van der Waals surface area contributed by atoms with Crippen LogP contribution >= 0.6 is 11.8 Å². The van der Waals surface area contributed by atoms with E-state index in [0.29, 0.717) is 6.42 Å². The molecule has 0 aromatic heterocycles. The molecule has 0 aliphatic heterocycles. The number of hydrogen-bond acceptors (Lipinski definition) is 6. The van der Waals surface area contributed by atoms with Crippen molar-refractivity contribution < 1.29 is 24.2 Å². The van der Waals surface area contributed by atoms with Gasteiger partial charge in [-0.25, -0.2) is 4.79 Å². The molecule has 0 heterocycles. The van der Waals surface area contributed by atoms with Gasteiger partial charge in [0.15, 0.2) is 6.10 Å². The highest BCUT2D eigenvalue weighted by Gasteiger charge is 2.34. The van der Waals surface area contributed by atoms with Crippen LogP contribution in [0.1, 0.15) is 53.0 Å². The summed E-state index contributed by atoms with van der Waals surface area (Å²) in [6.07, 6.45) is -0.836. The van der Waals surface area contributed by atoms with Gasteiger partial charge in [0.1, 0.15) is 5.60 Å². The first kappa shape index (κ1) is 26.0. The van der Waals surface area contributed by atoms with Crippen molar-refractivity contribution in [3.8, 4) is 0 Å². The molecule has 1 aromatic carbocycles. The Morgan fingerprint density at radius 2 is 1.80 bits per heavy atom. The Kier molecular flexibility index (Phi) is 10.9. The number of ether oxygens (including phenoxy) is 1. The van der Waals surface area contributed by atoms with Gasteiger partial charge >= 0.3 is 6.09 Å². The molecule has 7 nitrogen and oxygen atoms in total. The summed E-state index contributed by atoms with van der Waals surface area (Å²) in [7, 11) is 0. The fraction of sp³-hybridized carbons (Fsp3) is 0.591. The van der Waals surface area contributed by atoms with Gasteiger partial charge in [0.2, 0.25) is 5.91 Å². The number of carbonyl (C=O) groups is 3. The number of aliphatic hydroxyl groups excluding tert-OH is 1. The van der Waals surface area contributed by atoms with Gasteiger partial charge in [0, 0.05) is 11.7 Å². The zero-order chi connectivity index (χ0) is 22.7. The zero-order valence-corrected chi connectivity index (χ0v) is 19.3. The van der Waals surface area contributed by atoms with Crippen LogP contribution in [-0.2, 0) is 20.7 Å². The van der Waals surface area contributed by atoms with Gasteiger partial charge in [-0.3, -0.25) is 14.9 Å². The molecule has 0 saturated heterocycles. The molecular formula is C22H34N2O5S. The Hall–Kier alpha value is -2.06. The summed E-state index contributed by atoms with van der Waals surface area (Å²) in [5, 5.41) is 15.1. The lowest BCUT2D eigenvalue weighted by Gasteiger charge is -2.29. The van der Waals surface area contributed by atoms with Crippen molar-refractivity contribution in [1.82, 2.24) is 10.6 Å². The lowest BCUT2D eigenvalue weighted by atomic mass is 10.1. The highest BCUT2D eigenvalue weighted by atomic mass is 32.2. The van der Waals surface area contributed by atoms with E-state index in [0.717, 1.165) is 17.7 Å². The normalized spacial score (nSPS) is 14.3. The van der Waals surface area contributed by atoms with Gasteiger partial charge in [-0.15, -0.1) is 0 Å². The van der Waals surface area contributed by atoms with Gasteiger partial charge in [0.25, 0.3) is 5.91 Å². The number of carbonyl (C=O) groups excluding carboxylic acids is 3. The first-order chi connectivity index (χ1) is 14.0. The van der Waals surface area contributed by atoms with Gasteiger partial charge < -0.3 is 15.2 Å². The molecule has 0 aliphatic carbocycles. The summed E-state index contributed by atoms with van der Waals surface area (Å²) in [4.78, 5) is 36.7. The van der Waals surface area contributed by atoms with E-state index in [9.17, 15) is 19.5 Å². The second-order valence-corrected chi connectivity index (χ2v) is 9.68. The summed E-state index contributed by atoms with van der Waals surface area (Å²) in [6, 6.07) is 8.85. The maximum Gasteiger partial charge on any atom is 0.408 e. The van der Waals surface area contributed by atoms with Crippen LogP contribution in [0.25, 0.3) is 0 Å². The maximum atomic E-state index is 12.4. The van der Waals surface area contributed by atoms with Crippen molar-refractivity contribution in [2.45, 2.75) is 76.9 Å². The predicted molar refractivity (Wildman–Crippen MR) is 119 cm³/mol. The third-order valence-corrected chi connectivity index (χ3v) is 5.35. The van der Waals surface area contributed by atoms with Crippen LogP contribution in [0.4, 0.5) is 4.79 Å². The number of alkyl carbamates (subject to hydrolysis) is 1. The van der Waals surface area contributed by atoms with Gasteiger partial charge in [-0.05, 0) is 44.9 Å². The molecule has 1 rings (SSSR count). The van der Waals surface area contributed by atoms with Crippen molar-refractivity contribution in [3.63, 3.8) is 0 Å². The van der Waals surface area contributed by atoms with E-state index in [4.69, 9.17) is 4.74 Å². The molecule has 0 fully saturated rings. The second-order valence-electron chi connectivity index (χ2n) is 8.03. The van der Waals surface area contributed by atoms with Gasteiger partial charge in [-0.2, -0.15) is 11.8 Å². The average molecular weight is 439 g/mol. The molecule has 0 spiro atoms. The Balaban J connectivity index is 2.63. The van der Waals surface area contributed by atoms with Crippen LogP contribution < -0.4 is 10.6 Å². The van der Waals surface area contributed by atoms with Gasteiger partial charge in [-0.1, -0.05) is 44.2 Å². The fourth-order valence-electron chi connectivity index (χ4n) is 2.80. The van der Waals surface area contributed by atoms with E-state index in [2.05, 4.69) is 10.6 Å². The molecule has 3 atom stereocenters. The molecular weight excluding hydrogens is 404 g/mol. The number of imide groups is 1. The van der Waals surface area contributed by atoms with Crippen molar-refractivity contribution in [3.05, 3.63) is 35.9 Å². The number of amides is 3. The van der Waals surface area contributed by atoms with Crippen molar-refractivity contribution in [2.24, 2.45) is 0 Å². The van der Waals surface area contributed by atoms with E-state index < -0.39 is 35.7 Å². The quantitative estimate of drug-likeness (QED) is 0.519. The van der Waals surface area contributed by atoms with Crippen LogP contribution in [0, 0.1) is 0 Å². The average Bonchev–Trinajstić information content (AvgIpc) is 2.65. The lowest BCUT2D eigenvalue weighted by molar-refractivity contribution is -0.136. The topological polar surface area (TPSA) is 105 Å². The minimum Gasteiger partial charge on any atom is -0.444 e. The van der Waals surface area contributed by atoms with E-state index in [1.54, 1.807) is 27.7 Å². The number of benzene rings is 1. The smallest absolute Gasteiger partial charge is 0.408 e. The lowest BCUT2D eigenvalue weighted by Crippen LogP contribution is -2.56. The van der Waals surface area contributed by atoms with Crippen molar-refractivity contribution >= 4 is 29.7 Å². The minimum atomic E-state index is -1.58. The third kappa shape index (κ3) is 10.1. The number of thioether (sulfide) groups is 1. The summed E-state index contributed by atoms with van der Waals surface area (Å²) in [5.74, 6) is -0.549. The maximum absolute atomic E-state index is 12.4.